The largest absolute Gasteiger partial charge is 0.337 e. The molecular weight excluding hydrogens is 230 g/mol. The molecule has 0 aliphatic carbocycles. The van der Waals surface area contributed by atoms with Crippen molar-refractivity contribution in [3.8, 4) is 0 Å². The van der Waals surface area contributed by atoms with Crippen molar-refractivity contribution in [3.05, 3.63) is 11.9 Å². The average Bonchev–Trinajstić information content (AvgIpc) is 2.42. The van der Waals surface area contributed by atoms with Crippen molar-refractivity contribution in [1.29, 1.82) is 0 Å². The molecule has 0 radical (unpaired) electrons. The van der Waals surface area contributed by atoms with E-state index in [0.717, 1.165) is 0 Å². The van der Waals surface area contributed by atoms with Gasteiger partial charge in [-0.05, 0) is 21.0 Å². The van der Waals surface area contributed by atoms with E-state index in [-0.39, 0.29) is 0 Å². The summed E-state index contributed by atoms with van der Waals surface area (Å²) < 4.78 is 28.3. The maximum absolute atomic E-state index is 13.4. The number of hydrogen-bond acceptors (Lipinski definition) is 3. The molecule has 1 aromatic rings. The maximum atomic E-state index is 13.4. The highest BCUT2D eigenvalue weighted by molar-refractivity contribution is 5.96. The molecule has 0 aromatic carbocycles. The molecule has 7 heteroatoms. The summed E-state index contributed by atoms with van der Waals surface area (Å²) in [5, 5.41) is 6.13. The van der Waals surface area contributed by atoms with E-state index in [1.807, 2.05) is 0 Å². The summed E-state index contributed by atoms with van der Waals surface area (Å²) in [4.78, 5) is 12.7. The number of nitrogens with zero attached hydrogens (tertiary/aromatic N) is 3. The van der Waals surface area contributed by atoms with Crippen LogP contribution in [0.4, 0.5) is 14.5 Å². The topological polar surface area (TPSA) is 50.2 Å². The monoisotopic (exact) mass is 246 g/mol. The summed E-state index contributed by atoms with van der Waals surface area (Å²) in [5.41, 5.74) is 0.803. The van der Waals surface area contributed by atoms with Gasteiger partial charge in [-0.25, -0.2) is 0 Å². The smallest absolute Gasteiger partial charge is 0.318 e. The molecule has 17 heavy (non-hydrogen) atoms. The lowest BCUT2D eigenvalue weighted by Gasteiger charge is -2.19. The predicted octanol–water partition coefficient (Wildman–Crippen LogP) is 0.864. The van der Waals surface area contributed by atoms with Gasteiger partial charge >= 0.3 is 5.92 Å². The number of aryl methyl sites for hydroxylation is 2. The van der Waals surface area contributed by atoms with Gasteiger partial charge in [-0.3, -0.25) is 9.48 Å². The molecule has 1 rings (SSSR count). The van der Waals surface area contributed by atoms with Gasteiger partial charge in [0.05, 0.1) is 17.9 Å². The standard InChI is InChI=1S/C10H16F2N4O/c1-7-8(5-16(4)14-7)13-9(17)10(11,12)6-15(2)3/h5H,6H2,1-4H3,(H,13,17). The van der Waals surface area contributed by atoms with Crippen LogP contribution in [0.15, 0.2) is 6.20 Å². The second-order valence-corrected chi connectivity index (χ2v) is 4.20. The number of anilines is 1. The number of halogens is 2. The lowest BCUT2D eigenvalue weighted by molar-refractivity contribution is -0.141. The molecular formula is C10H16F2N4O. The molecule has 0 saturated carbocycles. The summed E-state index contributed by atoms with van der Waals surface area (Å²) in [7, 11) is 4.62. The van der Waals surface area contributed by atoms with Gasteiger partial charge in [0.1, 0.15) is 0 Å². The molecule has 0 aliphatic heterocycles. The highest BCUT2D eigenvalue weighted by atomic mass is 19.3. The summed E-state index contributed by atoms with van der Waals surface area (Å²) in [6.07, 6.45) is 1.49. The fraction of sp³-hybridized carbons (Fsp3) is 0.600. The molecule has 0 saturated heterocycles. The van der Waals surface area contributed by atoms with Crippen LogP contribution in [0.3, 0.4) is 0 Å². The number of nitrogens with one attached hydrogen (secondary N) is 1. The van der Waals surface area contributed by atoms with Crippen LogP contribution in [0.5, 0.6) is 0 Å². The number of carbonyl (C=O) groups is 1. The Labute approximate surface area is 98.4 Å². The Kier molecular flexibility index (Phi) is 3.82. The van der Waals surface area contributed by atoms with Crippen LogP contribution in [-0.2, 0) is 11.8 Å². The van der Waals surface area contributed by atoms with E-state index < -0.39 is 18.4 Å². The molecule has 96 valence electrons. The van der Waals surface area contributed by atoms with E-state index in [2.05, 4.69) is 10.4 Å². The molecule has 5 nitrogen and oxygen atoms in total. The van der Waals surface area contributed by atoms with E-state index in [0.29, 0.717) is 11.4 Å². The SMILES string of the molecule is Cc1nn(C)cc1NC(=O)C(F)(F)CN(C)C. The minimum Gasteiger partial charge on any atom is -0.318 e. The first-order valence-electron chi connectivity index (χ1n) is 5.06. The van der Waals surface area contributed by atoms with Crippen LogP contribution >= 0.6 is 0 Å². The zero-order valence-corrected chi connectivity index (χ0v) is 10.3. The lowest BCUT2D eigenvalue weighted by atomic mass is 10.3. The molecule has 1 heterocycles. The highest BCUT2D eigenvalue weighted by Gasteiger charge is 2.39. The number of hydrogen-bond donors (Lipinski definition) is 1. The Hall–Kier alpha value is -1.50. The van der Waals surface area contributed by atoms with Crippen molar-refractivity contribution in [2.75, 3.05) is 26.0 Å². The number of carbonyl (C=O) groups excluding carboxylic acids is 1. The van der Waals surface area contributed by atoms with Gasteiger partial charge in [-0.2, -0.15) is 13.9 Å². The minimum atomic E-state index is -3.42. The molecule has 0 spiro atoms. The van der Waals surface area contributed by atoms with Gasteiger partial charge in [0, 0.05) is 13.2 Å². The zero-order valence-electron chi connectivity index (χ0n) is 10.3. The van der Waals surface area contributed by atoms with Gasteiger partial charge in [-0.1, -0.05) is 0 Å². The Morgan fingerprint density at radius 2 is 2.18 bits per heavy atom. The Balaban J connectivity index is 2.75. The minimum absolute atomic E-state index is 0.302. The van der Waals surface area contributed by atoms with E-state index in [1.165, 1.54) is 29.9 Å². The third-order valence-electron chi connectivity index (χ3n) is 2.11. The summed E-state index contributed by atoms with van der Waals surface area (Å²) in [5.74, 6) is -4.74. The number of alkyl halides is 2. The van der Waals surface area contributed by atoms with Crippen molar-refractivity contribution < 1.29 is 13.6 Å². The van der Waals surface area contributed by atoms with Crippen LogP contribution < -0.4 is 5.32 Å². The third kappa shape index (κ3) is 3.48. The molecule has 0 fully saturated rings. The van der Waals surface area contributed by atoms with Crippen molar-refractivity contribution in [3.63, 3.8) is 0 Å². The third-order valence-corrected chi connectivity index (χ3v) is 2.11. The average molecular weight is 246 g/mol. The zero-order chi connectivity index (χ0) is 13.2. The van der Waals surface area contributed by atoms with Gasteiger partial charge in [0.15, 0.2) is 0 Å². The molecule has 1 aromatic heterocycles. The quantitative estimate of drug-likeness (QED) is 0.857. The summed E-state index contributed by atoms with van der Waals surface area (Å²) in [6, 6.07) is 0. The summed E-state index contributed by atoms with van der Waals surface area (Å²) in [6.45, 7) is 1.01. The van der Waals surface area contributed by atoms with E-state index >= 15 is 0 Å². The number of rotatable bonds is 4. The lowest BCUT2D eigenvalue weighted by Crippen LogP contribution is -2.43. The second-order valence-electron chi connectivity index (χ2n) is 4.20. The number of amides is 1. The van der Waals surface area contributed by atoms with Gasteiger partial charge in [0.2, 0.25) is 0 Å². The Morgan fingerprint density at radius 1 is 1.59 bits per heavy atom. The molecule has 1 N–H and O–H groups in total. The van der Waals surface area contributed by atoms with Gasteiger partial charge in [-0.15, -0.1) is 0 Å². The molecule has 0 unspecified atom stereocenters. The maximum Gasteiger partial charge on any atom is 0.337 e. The fourth-order valence-corrected chi connectivity index (χ4v) is 1.41. The first-order chi connectivity index (χ1) is 7.72. The molecule has 1 amide bonds. The van der Waals surface area contributed by atoms with Crippen molar-refractivity contribution in [1.82, 2.24) is 14.7 Å². The van der Waals surface area contributed by atoms with E-state index in [1.54, 1.807) is 14.0 Å². The normalized spacial score (nSPS) is 11.9. The molecule has 0 bridgehead atoms. The highest BCUT2D eigenvalue weighted by Crippen LogP contribution is 2.19. The number of aromatic nitrogens is 2. The van der Waals surface area contributed by atoms with Gasteiger partial charge < -0.3 is 10.2 Å². The van der Waals surface area contributed by atoms with Crippen LogP contribution in [0.1, 0.15) is 5.69 Å². The first kappa shape index (κ1) is 13.6. The Morgan fingerprint density at radius 3 is 2.59 bits per heavy atom. The van der Waals surface area contributed by atoms with Gasteiger partial charge in [0.25, 0.3) is 5.91 Å². The second kappa shape index (κ2) is 4.79. The van der Waals surface area contributed by atoms with E-state index in [4.69, 9.17) is 0 Å². The van der Waals surface area contributed by atoms with Crippen LogP contribution in [0, 0.1) is 6.92 Å². The van der Waals surface area contributed by atoms with Crippen molar-refractivity contribution >= 4 is 11.6 Å². The fourth-order valence-electron chi connectivity index (χ4n) is 1.41. The molecule has 0 aliphatic rings. The van der Waals surface area contributed by atoms with Crippen LogP contribution in [0.25, 0.3) is 0 Å². The van der Waals surface area contributed by atoms with Crippen LogP contribution in [0.2, 0.25) is 0 Å². The molecule has 0 atom stereocenters. The van der Waals surface area contributed by atoms with Crippen LogP contribution in [-0.4, -0.2) is 47.2 Å². The summed E-state index contributed by atoms with van der Waals surface area (Å²) >= 11 is 0. The van der Waals surface area contributed by atoms with Crippen molar-refractivity contribution in [2.24, 2.45) is 7.05 Å². The first-order valence-corrected chi connectivity index (χ1v) is 5.06. The predicted molar refractivity (Wildman–Crippen MR) is 60.1 cm³/mol. The van der Waals surface area contributed by atoms with Crippen molar-refractivity contribution in [2.45, 2.75) is 12.8 Å². The van der Waals surface area contributed by atoms with E-state index in [9.17, 15) is 13.6 Å². The Bertz CT molecular complexity index is 414.